The van der Waals surface area contributed by atoms with E-state index in [1.165, 1.54) is 37.4 Å². The molecule has 7 heteroatoms. The van der Waals surface area contributed by atoms with Gasteiger partial charge >= 0.3 is 0 Å². The molecule has 0 aliphatic rings. The summed E-state index contributed by atoms with van der Waals surface area (Å²) in [5.41, 5.74) is 4.21. The predicted octanol–water partition coefficient (Wildman–Crippen LogP) is 0.134. The molecule has 0 saturated heterocycles. The molecule has 2 aromatic rings. The van der Waals surface area contributed by atoms with Gasteiger partial charge in [-0.25, -0.2) is 0 Å². The molecule has 0 aliphatic heterocycles. The fourth-order valence-electron chi connectivity index (χ4n) is 1.94. The molecular weight excluding hydrogens is 300 g/mol. The highest BCUT2D eigenvalue weighted by atomic mass is 16.5. The van der Waals surface area contributed by atoms with E-state index in [4.69, 9.17) is 4.74 Å². The van der Waals surface area contributed by atoms with Crippen molar-refractivity contribution >= 4 is 17.8 Å². The molecule has 0 atom stereocenters. The van der Waals surface area contributed by atoms with Gasteiger partial charge < -0.3 is 14.6 Å². The molecule has 0 aromatic heterocycles. The molecule has 23 heavy (non-hydrogen) atoms. The van der Waals surface area contributed by atoms with Gasteiger partial charge in [0.2, 0.25) is 0 Å². The highest BCUT2D eigenvalue weighted by Gasteiger charge is 2.15. The van der Waals surface area contributed by atoms with Crippen LogP contribution in [0.25, 0.3) is 0 Å². The molecule has 2 N–H and O–H groups in total. The summed E-state index contributed by atoms with van der Waals surface area (Å²) in [7, 11) is 1.42. The van der Waals surface area contributed by atoms with E-state index >= 15 is 0 Å². The van der Waals surface area contributed by atoms with Crippen LogP contribution in [-0.4, -0.2) is 24.9 Å². The van der Waals surface area contributed by atoms with Gasteiger partial charge in [-0.2, -0.15) is 0 Å². The van der Waals surface area contributed by atoms with Crippen LogP contribution < -0.4 is 20.7 Å². The van der Waals surface area contributed by atoms with Crippen LogP contribution in [0.4, 0.5) is 0 Å². The quantitative estimate of drug-likeness (QED) is 0.780. The lowest BCUT2D eigenvalue weighted by molar-refractivity contribution is -0.255. The van der Waals surface area contributed by atoms with E-state index in [1.807, 2.05) is 0 Å². The molecule has 2 rings (SSSR count). The van der Waals surface area contributed by atoms with Crippen molar-refractivity contribution < 1.29 is 24.2 Å². The highest BCUT2D eigenvalue weighted by Crippen LogP contribution is 2.16. The number of hydrazine groups is 1. The van der Waals surface area contributed by atoms with E-state index in [2.05, 4.69) is 10.9 Å². The summed E-state index contributed by atoms with van der Waals surface area (Å²) < 4.78 is 5.05. The van der Waals surface area contributed by atoms with Crippen molar-refractivity contribution in [1.29, 1.82) is 0 Å². The number of carboxylic acids is 1. The molecule has 2 aromatic carbocycles. The van der Waals surface area contributed by atoms with Gasteiger partial charge in [0.15, 0.2) is 0 Å². The molecular formula is C16H13N2O5-. The van der Waals surface area contributed by atoms with E-state index in [1.54, 1.807) is 18.2 Å². The Hall–Kier alpha value is -3.35. The Morgan fingerprint density at radius 1 is 0.826 bits per heavy atom. The second-order valence-electron chi connectivity index (χ2n) is 4.44. The molecule has 7 nitrogen and oxygen atoms in total. The minimum atomic E-state index is -1.48. The fraction of sp³-hybridized carbons (Fsp3) is 0.0625. The van der Waals surface area contributed by atoms with Crippen LogP contribution in [-0.2, 0) is 0 Å². The third kappa shape index (κ3) is 3.65. The van der Waals surface area contributed by atoms with E-state index in [-0.39, 0.29) is 16.7 Å². The lowest BCUT2D eigenvalue weighted by Gasteiger charge is -2.12. The van der Waals surface area contributed by atoms with Crippen molar-refractivity contribution in [2.75, 3.05) is 7.11 Å². The minimum absolute atomic E-state index is 0.118. The third-order valence-electron chi connectivity index (χ3n) is 3.03. The topological polar surface area (TPSA) is 108 Å². The standard InChI is InChI=1S/C16H14N2O5/c1-23-13-9-5-4-8-12(13)15(20)18-17-14(19)10-6-2-3-7-11(10)16(21)22/h2-9H,1H3,(H,17,19)(H,18,20)(H,21,22)/p-1. The maximum atomic E-state index is 12.0. The number of carbonyl (C=O) groups excluding carboxylic acids is 3. The zero-order valence-electron chi connectivity index (χ0n) is 12.2. The van der Waals surface area contributed by atoms with Crippen molar-refractivity contribution in [1.82, 2.24) is 10.9 Å². The lowest BCUT2D eigenvalue weighted by atomic mass is 10.1. The van der Waals surface area contributed by atoms with Crippen molar-refractivity contribution in [2.45, 2.75) is 0 Å². The van der Waals surface area contributed by atoms with Gasteiger partial charge in [0.1, 0.15) is 5.75 Å². The number of nitrogens with one attached hydrogen (secondary N) is 2. The monoisotopic (exact) mass is 313 g/mol. The summed E-state index contributed by atoms with van der Waals surface area (Å²) in [5.74, 6) is -2.50. The van der Waals surface area contributed by atoms with Crippen LogP contribution in [0, 0.1) is 0 Å². The molecule has 0 unspecified atom stereocenters. The maximum absolute atomic E-state index is 12.0. The lowest BCUT2D eigenvalue weighted by Crippen LogP contribution is -2.42. The average molecular weight is 313 g/mol. The first-order valence-corrected chi connectivity index (χ1v) is 6.58. The number of para-hydroxylation sites is 1. The molecule has 0 bridgehead atoms. The Balaban J connectivity index is 2.11. The number of amides is 2. The Kier molecular flexibility index (Phi) is 4.93. The molecule has 0 radical (unpaired) electrons. The zero-order chi connectivity index (χ0) is 16.8. The number of ether oxygens (including phenoxy) is 1. The summed E-state index contributed by atoms with van der Waals surface area (Å²) in [6.45, 7) is 0. The fourth-order valence-corrected chi connectivity index (χ4v) is 1.94. The van der Waals surface area contributed by atoms with E-state index in [0.717, 1.165) is 0 Å². The molecule has 0 spiro atoms. The Morgan fingerprint density at radius 3 is 1.87 bits per heavy atom. The third-order valence-corrected chi connectivity index (χ3v) is 3.03. The zero-order valence-corrected chi connectivity index (χ0v) is 12.2. The Morgan fingerprint density at radius 2 is 1.30 bits per heavy atom. The number of aromatic carboxylic acids is 1. The normalized spacial score (nSPS) is 9.78. The van der Waals surface area contributed by atoms with Gasteiger partial charge in [-0.1, -0.05) is 30.3 Å². The van der Waals surface area contributed by atoms with Gasteiger partial charge in [-0.3, -0.25) is 20.4 Å². The van der Waals surface area contributed by atoms with Crippen LogP contribution in [0.3, 0.4) is 0 Å². The summed E-state index contributed by atoms with van der Waals surface area (Å²) >= 11 is 0. The first-order chi connectivity index (χ1) is 11.0. The number of hydrogen-bond acceptors (Lipinski definition) is 5. The second-order valence-corrected chi connectivity index (χ2v) is 4.44. The first kappa shape index (κ1) is 16.0. The summed E-state index contributed by atoms with van der Waals surface area (Å²) in [5, 5.41) is 11.0. The maximum Gasteiger partial charge on any atom is 0.273 e. The van der Waals surface area contributed by atoms with Crippen LogP contribution in [0.2, 0.25) is 0 Å². The van der Waals surface area contributed by atoms with Crippen LogP contribution in [0.5, 0.6) is 5.75 Å². The molecule has 0 aliphatic carbocycles. The van der Waals surface area contributed by atoms with Crippen molar-refractivity contribution in [2.24, 2.45) is 0 Å². The summed E-state index contributed by atoms with van der Waals surface area (Å²) in [4.78, 5) is 35.0. The number of hydrogen-bond donors (Lipinski definition) is 2. The van der Waals surface area contributed by atoms with Crippen LogP contribution in [0.1, 0.15) is 31.1 Å². The molecule has 2 amide bonds. The first-order valence-electron chi connectivity index (χ1n) is 6.58. The van der Waals surface area contributed by atoms with Crippen LogP contribution in [0.15, 0.2) is 48.5 Å². The molecule has 0 saturated carbocycles. The number of rotatable bonds is 4. The Bertz CT molecular complexity index is 758. The smallest absolute Gasteiger partial charge is 0.273 e. The number of carbonyl (C=O) groups is 3. The molecule has 0 heterocycles. The number of methoxy groups -OCH3 is 1. The predicted molar refractivity (Wildman–Crippen MR) is 78.7 cm³/mol. The van der Waals surface area contributed by atoms with E-state index < -0.39 is 17.8 Å². The van der Waals surface area contributed by atoms with Gasteiger partial charge in [-0.05, 0) is 18.2 Å². The summed E-state index contributed by atoms with van der Waals surface area (Å²) in [6, 6.07) is 12.0. The molecule has 118 valence electrons. The number of carboxylic acid groups (broad SMARTS) is 1. The van der Waals surface area contributed by atoms with E-state index in [0.29, 0.717) is 5.75 Å². The van der Waals surface area contributed by atoms with Crippen molar-refractivity contribution in [3.63, 3.8) is 0 Å². The second kappa shape index (κ2) is 7.08. The van der Waals surface area contributed by atoms with Gasteiger partial charge in [-0.15, -0.1) is 0 Å². The van der Waals surface area contributed by atoms with Crippen LogP contribution >= 0.6 is 0 Å². The molecule has 0 fully saturated rings. The minimum Gasteiger partial charge on any atom is -0.545 e. The summed E-state index contributed by atoms with van der Waals surface area (Å²) in [6.07, 6.45) is 0. The average Bonchev–Trinajstić information content (AvgIpc) is 2.59. The highest BCUT2D eigenvalue weighted by molar-refractivity contribution is 6.05. The van der Waals surface area contributed by atoms with Crippen molar-refractivity contribution in [3.05, 3.63) is 65.2 Å². The Labute approximate surface area is 131 Å². The van der Waals surface area contributed by atoms with E-state index in [9.17, 15) is 19.5 Å². The van der Waals surface area contributed by atoms with Gasteiger partial charge in [0.25, 0.3) is 11.8 Å². The number of benzene rings is 2. The van der Waals surface area contributed by atoms with Gasteiger partial charge in [0, 0.05) is 5.56 Å². The SMILES string of the molecule is COc1ccccc1C(=O)NNC(=O)c1ccccc1C(=O)[O-]. The largest absolute Gasteiger partial charge is 0.545 e. The van der Waals surface area contributed by atoms with Gasteiger partial charge in [0.05, 0.1) is 24.2 Å². The van der Waals surface area contributed by atoms with Crippen molar-refractivity contribution in [3.8, 4) is 5.75 Å².